The Labute approximate surface area is 125 Å². The van der Waals surface area contributed by atoms with E-state index in [1.54, 1.807) is 12.3 Å². The molecule has 0 aliphatic heterocycles. The van der Waals surface area contributed by atoms with Gasteiger partial charge in [0.25, 0.3) is 5.91 Å². The number of rotatable bonds is 4. The Kier molecular flexibility index (Phi) is 4.68. The lowest BCUT2D eigenvalue weighted by Gasteiger charge is -1.97. The molecule has 0 radical (unpaired) electrons. The molecule has 1 amide bonds. The molecule has 104 valence electrons. The lowest BCUT2D eigenvalue weighted by Crippen LogP contribution is -2.18. The van der Waals surface area contributed by atoms with Gasteiger partial charge < -0.3 is 0 Å². The van der Waals surface area contributed by atoms with E-state index in [9.17, 15) is 4.79 Å². The Morgan fingerprint density at radius 1 is 1.40 bits per heavy atom. The van der Waals surface area contributed by atoms with Crippen LogP contribution in [0.4, 0.5) is 0 Å². The van der Waals surface area contributed by atoms with Crippen LogP contribution in [0.5, 0.6) is 0 Å². The second kappa shape index (κ2) is 6.47. The fourth-order valence-corrected chi connectivity index (χ4v) is 1.78. The highest BCUT2D eigenvalue weighted by molar-refractivity contribution is 9.10. The van der Waals surface area contributed by atoms with Crippen molar-refractivity contribution in [3.63, 3.8) is 0 Å². The van der Waals surface area contributed by atoms with Crippen molar-refractivity contribution in [3.8, 4) is 0 Å². The summed E-state index contributed by atoms with van der Waals surface area (Å²) in [6.45, 7) is 4.06. The summed E-state index contributed by atoms with van der Waals surface area (Å²) < 4.78 is 0.997. The Hall–Kier alpha value is -1.95. The van der Waals surface area contributed by atoms with Gasteiger partial charge in [-0.25, -0.2) is 5.43 Å². The molecule has 0 bridgehead atoms. The van der Waals surface area contributed by atoms with E-state index >= 15 is 0 Å². The number of aromatic amines is 1. The first-order valence-corrected chi connectivity index (χ1v) is 7.00. The lowest BCUT2D eigenvalue weighted by atomic mass is 10.1. The fraction of sp³-hybridized carbons (Fsp3) is 0.214. The Morgan fingerprint density at radius 2 is 2.10 bits per heavy atom. The minimum atomic E-state index is -0.332. The fourth-order valence-electron chi connectivity index (χ4n) is 1.52. The van der Waals surface area contributed by atoms with Crippen LogP contribution < -0.4 is 5.43 Å². The summed E-state index contributed by atoms with van der Waals surface area (Å²) in [5.74, 6) is -0.0307. The number of benzene rings is 1. The van der Waals surface area contributed by atoms with Gasteiger partial charge in [-0.2, -0.15) is 10.2 Å². The summed E-state index contributed by atoms with van der Waals surface area (Å²) in [5, 5.41) is 10.7. The van der Waals surface area contributed by atoms with E-state index in [-0.39, 0.29) is 5.91 Å². The number of nitrogens with zero attached hydrogens (tertiary/aromatic N) is 2. The molecular formula is C14H15BrN4O. The molecule has 20 heavy (non-hydrogen) atoms. The second-order valence-electron chi connectivity index (χ2n) is 4.61. The van der Waals surface area contributed by atoms with Gasteiger partial charge in [0.05, 0.1) is 6.21 Å². The van der Waals surface area contributed by atoms with Crippen LogP contribution in [0.1, 0.15) is 41.5 Å². The molecule has 6 heteroatoms. The predicted molar refractivity (Wildman–Crippen MR) is 81.9 cm³/mol. The van der Waals surface area contributed by atoms with Gasteiger partial charge in [-0.3, -0.25) is 9.89 Å². The molecule has 0 unspecified atom stereocenters. The van der Waals surface area contributed by atoms with Crippen LogP contribution in [0.3, 0.4) is 0 Å². The maximum Gasteiger partial charge on any atom is 0.291 e. The summed E-state index contributed by atoms with van der Waals surface area (Å²) in [4.78, 5) is 11.8. The maximum absolute atomic E-state index is 11.8. The standard InChI is InChI=1S/C14H15BrN4O/c1-9(2)12-7-13(18-17-12)14(20)19-16-8-10-3-5-11(15)6-4-10/h3-9H,1-2H3,(H,17,18)(H,19,20)/b16-8+. The van der Waals surface area contributed by atoms with Crippen LogP contribution in [-0.2, 0) is 0 Å². The molecule has 1 heterocycles. The normalized spacial score (nSPS) is 11.2. The summed E-state index contributed by atoms with van der Waals surface area (Å²) in [6, 6.07) is 9.34. The van der Waals surface area contributed by atoms with Crippen molar-refractivity contribution in [1.29, 1.82) is 0 Å². The number of hydrogen-bond donors (Lipinski definition) is 2. The first-order chi connectivity index (χ1) is 9.56. The van der Waals surface area contributed by atoms with E-state index in [0.29, 0.717) is 11.6 Å². The third kappa shape index (κ3) is 3.77. The number of halogens is 1. The number of nitrogens with one attached hydrogen (secondary N) is 2. The Bertz CT molecular complexity index is 616. The smallest absolute Gasteiger partial charge is 0.282 e. The predicted octanol–water partition coefficient (Wildman–Crippen LogP) is 3.06. The van der Waals surface area contributed by atoms with Crippen molar-refractivity contribution in [2.24, 2.45) is 5.10 Å². The lowest BCUT2D eigenvalue weighted by molar-refractivity contribution is 0.0950. The molecule has 0 aliphatic rings. The largest absolute Gasteiger partial charge is 0.291 e. The zero-order valence-corrected chi connectivity index (χ0v) is 12.8. The van der Waals surface area contributed by atoms with E-state index in [1.807, 2.05) is 38.1 Å². The van der Waals surface area contributed by atoms with E-state index in [0.717, 1.165) is 15.7 Å². The number of aromatic nitrogens is 2. The van der Waals surface area contributed by atoms with Crippen molar-refractivity contribution in [2.45, 2.75) is 19.8 Å². The third-order valence-electron chi connectivity index (χ3n) is 2.70. The van der Waals surface area contributed by atoms with Crippen molar-refractivity contribution in [3.05, 3.63) is 51.8 Å². The number of carbonyl (C=O) groups is 1. The molecule has 0 aliphatic carbocycles. The van der Waals surface area contributed by atoms with Crippen LogP contribution in [0.25, 0.3) is 0 Å². The van der Waals surface area contributed by atoms with Gasteiger partial charge in [0.2, 0.25) is 0 Å². The van der Waals surface area contributed by atoms with Crippen molar-refractivity contribution < 1.29 is 4.79 Å². The van der Waals surface area contributed by atoms with Crippen LogP contribution in [0.15, 0.2) is 39.9 Å². The zero-order valence-electron chi connectivity index (χ0n) is 11.2. The van der Waals surface area contributed by atoms with Crippen molar-refractivity contribution in [1.82, 2.24) is 15.6 Å². The molecule has 0 saturated carbocycles. The monoisotopic (exact) mass is 334 g/mol. The van der Waals surface area contributed by atoms with E-state index < -0.39 is 0 Å². The van der Waals surface area contributed by atoms with Gasteiger partial charge in [0.1, 0.15) is 0 Å². The number of hydrogen-bond acceptors (Lipinski definition) is 3. The van der Waals surface area contributed by atoms with Crippen molar-refractivity contribution in [2.75, 3.05) is 0 Å². The zero-order chi connectivity index (χ0) is 14.5. The minimum absolute atomic E-state index is 0.301. The van der Waals surface area contributed by atoms with Gasteiger partial charge in [-0.1, -0.05) is 41.9 Å². The highest BCUT2D eigenvalue weighted by atomic mass is 79.9. The molecule has 0 spiro atoms. The SMILES string of the molecule is CC(C)c1cc(C(=O)N/N=C/c2ccc(Br)cc2)n[nH]1. The number of H-pyrrole nitrogens is 1. The molecule has 0 saturated heterocycles. The number of hydrazone groups is 1. The molecule has 5 nitrogen and oxygen atoms in total. The van der Waals surface area contributed by atoms with Crippen LogP contribution in [0.2, 0.25) is 0 Å². The molecule has 0 atom stereocenters. The third-order valence-corrected chi connectivity index (χ3v) is 3.23. The highest BCUT2D eigenvalue weighted by Crippen LogP contribution is 2.11. The molecule has 1 aromatic heterocycles. The molecule has 2 N–H and O–H groups in total. The molecule has 2 aromatic rings. The van der Waals surface area contributed by atoms with E-state index in [2.05, 4.69) is 36.7 Å². The number of amides is 1. The first kappa shape index (κ1) is 14.5. The van der Waals surface area contributed by atoms with Gasteiger partial charge in [0, 0.05) is 10.2 Å². The second-order valence-corrected chi connectivity index (χ2v) is 5.53. The quantitative estimate of drug-likeness (QED) is 0.666. The van der Waals surface area contributed by atoms with Gasteiger partial charge >= 0.3 is 0 Å². The van der Waals surface area contributed by atoms with Crippen LogP contribution in [-0.4, -0.2) is 22.3 Å². The minimum Gasteiger partial charge on any atom is -0.282 e. The highest BCUT2D eigenvalue weighted by Gasteiger charge is 2.10. The average molecular weight is 335 g/mol. The number of carbonyl (C=O) groups excluding carboxylic acids is 1. The van der Waals surface area contributed by atoms with E-state index in [1.165, 1.54) is 0 Å². The molecule has 1 aromatic carbocycles. The summed E-state index contributed by atoms with van der Waals surface area (Å²) in [5.41, 5.74) is 4.61. The molecular weight excluding hydrogens is 320 g/mol. The average Bonchev–Trinajstić information content (AvgIpc) is 2.91. The Morgan fingerprint density at radius 3 is 2.70 bits per heavy atom. The van der Waals surface area contributed by atoms with Gasteiger partial charge in [-0.05, 0) is 29.7 Å². The topological polar surface area (TPSA) is 70.1 Å². The van der Waals surface area contributed by atoms with Gasteiger partial charge in [-0.15, -0.1) is 0 Å². The molecule has 0 fully saturated rings. The maximum atomic E-state index is 11.8. The summed E-state index contributed by atoms with van der Waals surface area (Å²) in [7, 11) is 0. The van der Waals surface area contributed by atoms with Crippen LogP contribution in [0, 0.1) is 0 Å². The van der Waals surface area contributed by atoms with Gasteiger partial charge in [0.15, 0.2) is 5.69 Å². The summed E-state index contributed by atoms with van der Waals surface area (Å²) >= 11 is 3.36. The Balaban J connectivity index is 1.95. The van der Waals surface area contributed by atoms with E-state index in [4.69, 9.17) is 0 Å². The first-order valence-electron chi connectivity index (χ1n) is 6.20. The summed E-state index contributed by atoms with van der Waals surface area (Å²) in [6.07, 6.45) is 1.58. The molecule has 2 rings (SSSR count). The van der Waals surface area contributed by atoms with Crippen LogP contribution >= 0.6 is 15.9 Å². The van der Waals surface area contributed by atoms with Crippen molar-refractivity contribution >= 4 is 28.1 Å².